The number of hydrogen-bond donors (Lipinski definition) is 2. The van der Waals surface area contributed by atoms with Gasteiger partial charge < -0.3 is 15.1 Å². The van der Waals surface area contributed by atoms with E-state index in [4.69, 9.17) is 19.8 Å². The molecule has 1 unspecified atom stereocenters. The zero-order valence-corrected chi connectivity index (χ0v) is 17.4. The van der Waals surface area contributed by atoms with E-state index in [0.29, 0.717) is 5.91 Å². The Balaban J connectivity index is 0.000000501. The molecule has 1 amide bonds. The van der Waals surface area contributed by atoms with Crippen LogP contribution in [0.4, 0.5) is 5.69 Å². The highest BCUT2D eigenvalue weighted by Crippen LogP contribution is 2.23. The third-order valence-corrected chi connectivity index (χ3v) is 5.51. The van der Waals surface area contributed by atoms with Crippen LogP contribution < -0.4 is 0 Å². The van der Waals surface area contributed by atoms with Crippen molar-refractivity contribution in [3.8, 4) is 0 Å². The van der Waals surface area contributed by atoms with Crippen molar-refractivity contribution in [1.82, 2.24) is 9.80 Å². The van der Waals surface area contributed by atoms with Crippen molar-refractivity contribution in [2.24, 2.45) is 5.92 Å². The molecule has 3 rings (SSSR count). The second-order valence-corrected chi connectivity index (χ2v) is 7.85. The first-order chi connectivity index (χ1) is 14.8. The summed E-state index contributed by atoms with van der Waals surface area (Å²) in [5, 5.41) is 25.5. The number of hydrogen-bond acceptors (Lipinski definition) is 6. The van der Waals surface area contributed by atoms with Gasteiger partial charge in [-0.05, 0) is 37.8 Å². The average Bonchev–Trinajstić information content (AvgIpc) is 3.04. The van der Waals surface area contributed by atoms with E-state index in [1.165, 1.54) is 12.8 Å². The molecule has 31 heavy (non-hydrogen) atoms. The standard InChI is InChI=1S/C19H27N3O3.C2H2O4/c23-19(21-12-3-1-2-4-13-21)17-6-5-11-20(15-17)14-16-7-9-18(10-8-16)22(24)25;3-1(4)2(5)6/h7-10,17H,1-6,11-15H2;(H,3,4)(H,5,6). The van der Waals surface area contributed by atoms with Crippen LogP contribution in [0.15, 0.2) is 24.3 Å². The first kappa shape index (κ1) is 24.3. The van der Waals surface area contributed by atoms with E-state index in [1.54, 1.807) is 12.1 Å². The lowest BCUT2D eigenvalue weighted by Crippen LogP contribution is -2.44. The van der Waals surface area contributed by atoms with Gasteiger partial charge in [0.1, 0.15) is 0 Å². The summed E-state index contributed by atoms with van der Waals surface area (Å²) >= 11 is 0. The number of benzene rings is 1. The van der Waals surface area contributed by atoms with Gasteiger partial charge in [-0.2, -0.15) is 0 Å². The fourth-order valence-corrected chi connectivity index (χ4v) is 3.93. The number of carboxylic acid groups (broad SMARTS) is 2. The van der Waals surface area contributed by atoms with Gasteiger partial charge in [-0.25, -0.2) is 9.59 Å². The predicted octanol–water partition coefficient (Wildman–Crippen LogP) is 2.36. The Morgan fingerprint density at radius 3 is 2.03 bits per heavy atom. The SMILES string of the molecule is O=C(C1CCCN(Cc2ccc([N+](=O)[O-])cc2)C1)N1CCCCCC1.O=C(O)C(=O)O. The summed E-state index contributed by atoms with van der Waals surface area (Å²) < 4.78 is 0. The van der Waals surface area contributed by atoms with Crippen molar-refractivity contribution in [2.45, 2.75) is 45.1 Å². The van der Waals surface area contributed by atoms with Gasteiger partial charge in [0.25, 0.3) is 5.69 Å². The lowest BCUT2D eigenvalue weighted by molar-refractivity contribution is -0.384. The van der Waals surface area contributed by atoms with E-state index < -0.39 is 11.9 Å². The van der Waals surface area contributed by atoms with E-state index in [-0.39, 0.29) is 16.5 Å². The molecule has 0 aromatic heterocycles. The third-order valence-electron chi connectivity index (χ3n) is 5.51. The Bertz CT molecular complexity index is 762. The number of carbonyl (C=O) groups excluding carboxylic acids is 1. The second-order valence-electron chi connectivity index (χ2n) is 7.85. The van der Waals surface area contributed by atoms with E-state index >= 15 is 0 Å². The minimum Gasteiger partial charge on any atom is -0.473 e. The molecule has 2 N–H and O–H groups in total. The topological polar surface area (TPSA) is 141 Å². The van der Waals surface area contributed by atoms with Crippen LogP contribution in [0, 0.1) is 16.0 Å². The zero-order chi connectivity index (χ0) is 22.8. The van der Waals surface area contributed by atoms with Crippen molar-refractivity contribution >= 4 is 23.5 Å². The van der Waals surface area contributed by atoms with Crippen LogP contribution in [-0.4, -0.2) is 69.0 Å². The van der Waals surface area contributed by atoms with Crippen LogP contribution in [0.5, 0.6) is 0 Å². The summed E-state index contributed by atoms with van der Waals surface area (Å²) in [4.78, 5) is 45.8. The lowest BCUT2D eigenvalue weighted by Gasteiger charge is -2.34. The number of piperidine rings is 1. The number of non-ortho nitro benzene ring substituents is 1. The van der Waals surface area contributed by atoms with Crippen LogP contribution in [0.1, 0.15) is 44.1 Å². The number of rotatable bonds is 4. The maximum atomic E-state index is 12.8. The van der Waals surface area contributed by atoms with Gasteiger partial charge in [0.15, 0.2) is 0 Å². The molecule has 2 aliphatic rings. The highest BCUT2D eigenvalue weighted by atomic mass is 16.6. The predicted molar refractivity (Wildman–Crippen MR) is 111 cm³/mol. The smallest absolute Gasteiger partial charge is 0.414 e. The summed E-state index contributed by atoms with van der Waals surface area (Å²) in [6.07, 6.45) is 6.75. The molecule has 0 saturated carbocycles. The molecule has 10 nitrogen and oxygen atoms in total. The number of nitro benzene ring substituents is 1. The number of nitro groups is 1. The fraction of sp³-hybridized carbons (Fsp3) is 0.571. The van der Waals surface area contributed by atoms with Gasteiger partial charge in [-0.3, -0.25) is 19.8 Å². The Morgan fingerprint density at radius 2 is 1.52 bits per heavy atom. The normalized spacial score (nSPS) is 19.5. The Labute approximate surface area is 180 Å². The molecule has 1 aromatic carbocycles. The summed E-state index contributed by atoms with van der Waals surface area (Å²) in [6, 6.07) is 6.75. The molecule has 10 heteroatoms. The number of nitrogens with zero attached hydrogens (tertiary/aromatic N) is 3. The number of carboxylic acids is 2. The van der Waals surface area contributed by atoms with Gasteiger partial charge in [0.2, 0.25) is 5.91 Å². The first-order valence-corrected chi connectivity index (χ1v) is 10.5. The van der Waals surface area contributed by atoms with Gasteiger partial charge in [-0.1, -0.05) is 25.0 Å². The Hall–Kier alpha value is -3.01. The van der Waals surface area contributed by atoms with E-state index in [1.807, 2.05) is 12.1 Å². The average molecular weight is 435 g/mol. The highest BCUT2D eigenvalue weighted by Gasteiger charge is 2.29. The number of carbonyl (C=O) groups is 3. The van der Waals surface area contributed by atoms with Gasteiger partial charge >= 0.3 is 11.9 Å². The van der Waals surface area contributed by atoms with Gasteiger partial charge in [0, 0.05) is 38.3 Å². The van der Waals surface area contributed by atoms with Crippen molar-refractivity contribution in [2.75, 3.05) is 26.2 Å². The molecule has 0 radical (unpaired) electrons. The molecule has 2 aliphatic heterocycles. The molecular weight excluding hydrogens is 406 g/mol. The largest absolute Gasteiger partial charge is 0.473 e. The van der Waals surface area contributed by atoms with Crippen molar-refractivity contribution < 1.29 is 29.5 Å². The summed E-state index contributed by atoms with van der Waals surface area (Å²) in [6.45, 7) is 4.37. The van der Waals surface area contributed by atoms with Crippen molar-refractivity contribution in [1.29, 1.82) is 0 Å². The molecule has 170 valence electrons. The molecule has 0 spiro atoms. The molecule has 1 atom stereocenters. The van der Waals surface area contributed by atoms with E-state index in [0.717, 1.165) is 64.0 Å². The summed E-state index contributed by atoms with van der Waals surface area (Å²) in [7, 11) is 0. The minimum absolute atomic E-state index is 0.102. The molecule has 0 aliphatic carbocycles. The van der Waals surface area contributed by atoms with Crippen LogP contribution in [0.3, 0.4) is 0 Å². The molecule has 2 heterocycles. The molecule has 2 saturated heterocycles. The molecule has 2 fully saturated rings. The van der Waals surface area contributed by atoms with Crippen LogP contribution in [0.25, 0.3) is 0 Å². The minimum atomic E-state index is -1.82. The summed E-state index contributed by atoms with van der Waals surface area (Å²) in [5.41, 5.74) is 1.19. The van der Waals surface area contributed by atoms with Crippen LogP contribution >= 0.6 is 0 Å². The maximum absolute atomic E-state index is 12.8. The third kappa shape index (κ3) is 7.97. The number of likely N-dealkylation sites (tertiary alicyclic amines) is 2. The van der Waals surface area contributed by atoms with Crippen molar-refractivity contribution in [3.05, 3.63) is 39.9 Å². The number of aliphatic carboxylic acids is 2. The monoisotopic (exact) mass is 435 g/mol. The quantitative estimate of drug-likeness (QED) is 0.417. The van der Waals surface area contributed by atoms with Crippen molar-refractivity contribution in [3.63, 3.8) is 0 Å². The zero-order valence-electron chi connectivity index (χ0n) is 17.4. The lowest BCUT2D eigenvalue weighted by atomic mass is 9.96. The number of amides is 1. The maximum Gasteiger partial charge on any atom is 0.414 e. The fourth-order valence-electron chi connectivity index (χ4n) is 3.93. The Kier molecular flexibility index (Phi) is 9.39. The van der Waals surface area contributed by atoms with Crippen LogP contribution in [0.2, 0.25) is 0 Å². The summed E-state index contributed by atoms with van der Waals surface area (Å²) in [5.74, 6) is -3.22. The Morgan fingerprint density at radius 1 is 0.935 bits per heavy atom. The van der Waals surface area contributed by atoms with E-state index in [2.05, 4.69) is 9.80 Å². The molecule has 0 bridgehead atoms. The molecular formula is C21H29N3O7. The molecule has 1 aromatic rings. The highest BCUT2D eigenvalue weighted by molar-refractivity contribution is 6.27. The van der Waals surface area contributed by atoms with E-state index in [9.17, 15) is 14.9 Å². The van der Waals surface area contributed by atoms with Crippen LogP contribution in [-0.2, 0) is 20.9 Å². The first-order valence-electron chi connectivity index (χ1n) is 10.5. The second kappa shape index (κ2) is 12.0. The van der Waals surface area contributed by atoms with Gasteiger partial charge in [-0.15, -0.1) is 0 Å². The van der Waals surface area contributed by atoms with Gasteiger partial charge in [0.05, 0.1) is 10.8 Å².